The molecule has 112 valence electrons. The first kappa shape index (κ1) is 13.1. The van der Waals surface area contributed by atoms with E-state index in [1.165, 1.54) is 6.42 Å². The van der Waals surface area contributed by atoms with Crippen LogP contribution in [0.2, 0.25) is 0 Å². The highest BCUT2D eigenvalue weighted by molar-refractivity contribution is 5.86. The lowest BCUT2D eigenvalue weighted by atomic mass is 9.89. The van der Waals surface area contributed by atoms with Crippen LogP contribution >= 0.6 is 0 Å². The molecule has 21 heavy (non-hydrogen) atoms. The molecule has 1 aromatic rings. The van der Waals surface area contributed by atoms with Crippen LogP contribution in [0.5, 0.6) is 0 Å². The maximum atomic E-state index is 13.1. The first-order chi connectivity index (χ1) is 10.3. The Morgan fingerprint density at radius 2 is 2.14 bits per heavy atom. The molecule has 0 spiro atoms. The summed E-state index contributed by atoms with van der Waals surface area (Å²) in [5.74, 6) is 0.325. The van der Waals surface area contributed by atoms with E-state index in [-0.39, 0.29) is 12.0 Å². The molecule has 4 heteroatoms. The molecule has 1 aromatic carbocycles. The van der Waals surface area contributed by atoms with Crippen molar-refractivity contribution in [3.63, 3.8) is 0 Å². The summed E-state index contributed by atoms with van der Waals surface area (Å²) in [6, 6.07) is 8.54. The number of hydrogen-bond donors (Lipinski definition) is 1. The summed E-state index contributed by atoms with van der Waals surface area (Å²) < 4.78 is 5.83. The number of carbonyl (C=O) groups excluding carboxylic acids is 1. The van der Waals surface area contributed by atoms with Gasteiger partial charge in [-0.15, -0.1) is 0 Å². The summed E-state index contributed by atoms with van der Waals surface area (Å²) in [7, 11) is 0. The van der Waals surface area contributed by atoms with E-state index in [0.29, 0.717) is 18.6 Å². The fourth-order valence-corrected chi connectivity index (χ4v) is 4.12. The predicted octanol–water partition coefficient (Wildman–Crippen LogP) is 2.37. The third kappa shape index (κ3) is 2.22. The Balaban J connectivity index is 1.60. The van der Waals surface area contributed by atoms with E-state index in [1.807, 2.05) is 12.1 Å². The van der Waals surface area contributed by atoms with Crippen LogP contribution in [0.1, 0.15) is 37.2 Å². The van der Waals surface area contributed by atoms with Crippen molar-refractivity contribution in [3.05, 3.63) is 29.8 Å². The van der Waals surface area contributed by atoms with E-state index in [2.05, 4.69) is 22.3 Å². The van der Waals surface area contributed by atoms with Crippen molar-refractivity contribution in [2.45, 2.75) is 43.7 Å². The molecule has 1 saturated heterocycles. The molecule has 1 amide bonds. The Labute approximate surface area is 125 Å². The number of para-hydroxylation sites is 1. The molecular weight excluding hydrogens is 264 g/mol. The zero-order valence-corrected chi connectivity index (χ0v) is 12.3. The number of benzene rings is 1. The summed E-state index contributed by atoms with van der Waals surface area (Å²) >= 11 is 0. The summed E-state index contributed by atoms with van der Waals surface area (Å²) in [4.78, 5) is 15.2. The molecule has 3 atom stereocenters. The van der Waals surface area contributed by atoms with Crippen molar-refractivity contribution >= 4 is 11.6 Å². The molecule has 1 N–H and O–H groups in total. The number of morpholine rings is 1. The summed E-state index contributed by atoms with van der Waals surface area (Å²) in [5, 5.41) is 3.40. The Morgan fingerprint density at radius 1 is 1.24 bits per heavy atom. The molecule has 2 fully saturated rings. The average Bonchev–Trinajstić information content (AvgIpc) is 3.02. The van der Waals surface area contributed by atoms with Crippen LogP contribution < -0.4 is 5.32 Å². The van der Waals surface area contributed by atoms with E-state index >= 15 is 0 Å². The van der Waals surface area contributed by atoms with Crippen LogP contribution in [-0.2, 0) is 9.53 Å². The number of fused-ring (bicyclic) bond motifs is 2. The normalized spacial score (nSPS) is 31.2. The lowest BCUT2D eigenvalue weighted by Gasteiger charge is -2.40. The number of carbonyl (C=O) groups is 1. The van der Waals surface area contributed by atoms with Crippen LogP contribution in [-0.4, -0.2) is 42.6 Å². The fourth-order valence-electron chi connectivity index (χ4n) is 4.12. The average molecular weight is 286 g/mol. The fraction of sp³-hybridized carbons (Fsp3) is 0.588. The van der Waals surface area contributed by atoms with Crippen molar-refractivity contribution in [1.82, 2.24) is 4.90 Å². The van der Waals surface area contributed by atoms with Crippen LogP contribution in [0.25, 0.3) is 0 Å². The number of rotatable bonds is 1. The monoisotopic (exact) mass is 286 g/mol. The van der Waals surface area contributed by atoms with Gasteiger partial charge >= 0.3 is 0 Å². The van der Waals surface area contributed by atoms with Crippen LogP contribution in [0, 0.1) is 0 Å². The Hall–Kier alpha value is -1.55. The summed E-state index contributed by atoms with van der Waals surface area (Å²) in [6.45, 7) is 2.33. The molecule has 4 rings (SSSR count). The molecule has 1 aliphatic carbocycles. The minimum absolute atomic E-state index is 0.0156. The third-order valence-corrected chi connectivity index (χ3v) is 5.15. The van der Waals surface area contributed by atoms with E-state index in [9.17, 15) is 4.79 Å². The van der Waals surface area contributed by atoms with Gasteiger partial charge in [0, 0.05) is 18.8 Å². The smallest absolute Gasteiger partial charge is 0.230 e. The number of nitrogens with zero attached hydrogens (tertiary/aromatic N) is 1. The number of anilines is 1. The highest BCUT2D eigenvalue weighted by atomic mass is 16.5. The molecule has 0 radical (unpaired) electrons. The molecule has 3 aliphatic rings. The summed E-state index contributed by atoms with van der Waals surface area (Å²) in [6.07, 6.45) is 4.56. The molecule has 0 bridgehead atoms. The van der Waals surface area contributed by atoms with Gasteiger partial charge in [0.1, 0.15) is 0 Å². The quantitative estimate of drug-likeness (QED) is 0.861. The van der Waals surface area contributed by atoms with Gasteiger partial charge in [-0.3, -0.25) is 4.79 Å². The van der Waals surface area contributed by atoms with E-state index in [4.69, 9.17) is 4.74 Å². The number of nitrogens with one attached hydrogen (secondary N) is 1. The van der Waals surface area contributed by atoms with Crippen molar-refractivity contribution in [2.75, 3.05) is 25.0 Å². The Kier molecular flexibility index (Phi) is 3.34. The van der Waals surface area contributed by atoms with E-state index < -0.39 is 0 Å². The molecule has 3 unspecified atom stereocenters. The minimum atomic E-state index is 0.0156. The standard InChI is InChI=1S/C17H22N2O2/c20-17(19-10-11-21-16-7-3-6-15(16)19)13-8-9-18-14-5-2-1-4-12(13)14/h1-2,4-5,13,15-16,18H,3,6-11H2. The Morgan fingerprint density at radius 3 is 3.10 bits per heavy atom. The SMILES string of the molecule is O=C(C1CCNc2ccccc21)N1CCOC2CCCC21. The van der Waals surface area contributed by atoms with Gasteiger partial charge in [-0.05, 0) is 37.3 Å². The highest BCUT2D eigenvalue weighted by Gasteiger charge is 2.41. The topological polar surface area (TPSA) is 41.6 Å². The molecule has 2 heterocycles. The largest absolute Gasteiger partial charge is 0.385 e. The van der Waals surface area contributed by atoms with Gasteiger partial charge in [-0.25, -0.2) is 0 Å². The molecule has 0 aromatic heterocycles. The van der Waals surface area contributed by atoms with Crippen molar-refractivity contribution < 1.29 is 9.53 Å². The van der Waals surface area contributed by atoms with E-state index in [1.54, 1.807) is 0 Å². The zero-order chi connectivity index (χ0) is 14.2. The molecular formula is C17H22N2O2. The van der Waals surface area contributed by atoms with Gasteiger partial charge in [0.05, 0.1) is 24.7 Å². The van der Waals surface area contributed by atoms with Gasteiger partial charge in [0.15, 0.2) is 0 Å². The Bertz CT molecular complexity index is 545. The van der Waals surface area contributed by atoms with Gasteiger partial charge < -0.3 is 15.0 Å². The first-order valence-corrected chi connectivity index (χ1v) is 8.09. The number of hydrogen-bond acceptors (Lipinski definition) is 3. The van der Waals surface area contributed by atoms with Crippen LogP contribution in [0.4, 0.5) is 5.69 Å². The maximum Gasteiger partial charge on any atom is 0.230 e. The second-order valence-corrected chi connectivity index (χ2v) is 6.29. The predicted molar refractivity (Wildman–Crippen MR) is 81.4 cm³/mol. The highest BCUT2D eigenvalue weighted by Crippen LogP contribution is 2.36. The lowest BCUT2D eigenvalue weighted by Crippen LogP contribution is -2.53. The van der Waals surface area contributed by atoms with E-state index in [0.717, 1.165) is 43.6 Å². The third-order valence-electron chi connectivity index (χ3n) is 5.15. The maximum absolute atomic E-state index is 13.1. The minimum Gasteiger partial charge on any atom is -0.385 e. The zero-order valence-electron chi connectivity index (χ0n) is 12.3. The molecule has 4 nitrogen and oxygen atoms in total. The number of amides is 1. The van der Waals surface area contributed by atoms with Crippen molar-refractivity contribution in [3.8, 4) is 0 Å². The molecule has 2 aliphatic heterocycles. The van der Waals surface area contributed by atoms with Crippen molar-refractivity contribution in [2.24, 2.45) is 0 Å². The second kappa shape index (κ2) is 5.34. The lowest BCUT2D eigenvalue weighted by molar-refractivity contribution is -0.145. The number of ether oxygens (including phenoxy) is 1. The van der Waals surface area contributed by atoms with Gasteiger partial charge in [0.25, 0.3) is 0 Å². The van der Waals surface area contributed by atoms with Crippen molar-refractivity contribution in [1.29, 1.82) is 0 Å². The van der Waals surface area contributed by atoms with Gasteiger partial charge in [-0.1, -0.05) is 18.2 Å². The van der Waals surface area contributed by atoms with Gasteiger partial charge in [0.2, 0.25) is 5.91 Å². The second-order valence-electron chi connectivity index (χ2n) is 6.29. The van der Waals surface area contributed by atoms with Gasteiger partial charge in [-0.2, -0.15) is 0 Å². The summed E-state index contributed by atoms with van der Waals surface area (Å²) in [5.41, 5.74) is 2.29. The molecule has 1 saturated carbocycles. The van der Waals surface area contributed by atoms with Crippen LogP contribution in [0.3, 0.4) is 0 Å². The first-order valence-electron chi connectivity index (χ1n) is 8.09. The van der Waals surface area contributed by atoms with Crippen LogP contribution in [0.15, 0.2) is 24.3 Å².